The van der Waals surface area contributed by atoms with Crippen molar-refractivity contribution in [2.75, 3.05) is 16.8 Å². The molecule has 1 aromatic carbocycles. The van der Waals surface area contributed by atoms with E-state index in [9.17, 15) is 4.79 Å². The Bertz CT molecular complexity index is 579. The first-order valence-corrected chi connectivity index (χ1v) is 7.21. The summed E-state index contributed by atoms with van der Waals surface area (Å²) < 4.78 is 0. The number of benzene rings is 1. The zero-order chi connectivity index (χ0) is 15.2. The van der Waals surface area contributed by atoms with Gasteiger partial charge < -0.3 is 10.2 Å². The number of anilines is 3. The molecule has 1 heterocycles. The molecule has 0 saturated heterocycles. The van der Waals surface area contributed by atoms with Crippen LogP contribution in [0.4, 0.5) is 17.2 Å². The van der Waals surface area contributed by atoms with Crippen molar-refractivity contribution < 1.29 is 4.79 Å². The summed E-state index contributed by atoms with van der Waals surface area (Å²) >= 11 is 0. The maximum Gasteiger partial charge on any atom is 0.228 e. The average molecular weight is 283 g/mol. The predicted molar refractivity (Wildman–Crippen MR) is 86.8 cm³/mol. The van der Waals surface area contributed by atoms with Gasteiger partial charge in [0.1, 0.15) is 5.82 Å². The quantitative estimate of drug-likeness (QED) is 0.907. The molecule has 0 unspecified atom stereocenters. The van der Waals surface area contributed by atoms with Gasteiger partial charge in [-0.15, -0.1) is 0 Å². The minimum absolute atomic E-state index is 0.0225. The van der Waals surface area contributed by atoms with Gasteiger partial charge in [0, 0.05) is 18.2 Å². The maximum atomic E-state index is 11.6. The van der Waals surface area contributed by atoms with Crippen LogP contribution in [0.5, 0.6) is 0 Å². The minimum Gasteiger partial charge on any atom is -0.341 e. The van der Waals surface area contributed by atoms with Crippen molar-refractivity contribution >= 4 is 23.1 Å². The standard InChI is InChI=1S/C17H21N3O/c1-4-20(14-8-6-5-7-9-14)15-10-11-16(18-12-15)19-17(21)13(2)3/h5-13H,4H2,1-3H3,(H,18,19,21). The Morgan fingerprint density at radius 3 is 2.38 bits per heavy atom. The highest BCUT2D eigenvalue weighted by atomic mass is 16.1. The van der Waals surface area contributed by atoms with E-state index in [0.717, 1.165) is 17.9 Å². The molecule has 1 aromatic heterocycles. The molecular weight excluding hydrogens is 262 g/mol. The summed E-state index contributed by atoms with van der Waals surface area (Å²) in [4.78, 5) is 18.1. The Kier molecular flexibility index (Phi) is 4.93. The molecule has 1 N–H and O–H groups in total. The van der Waals surface area contributed by atoms with Gasteiger partial charge in [-0.2, -0.15) is 0 Å². The van der Waals surface area contributed by atoms with Gasteiger partial charge in [0.2, 0.25) is 5.91 Å². The molecule has 2 rings (SSSR count). The fourth-order valence-electron chi connectivity index (χ4n) is 2.01. The number of hydrogen-bond donors (Lipinski definition) is 1. The second kappa shape index (κ2) is 6.88. The number of hydrogen-bond acceptors (Lipinski definition) is 3. The number of rotatable bonds is 5. The number of pyridine rings is 1. The van der Waals surface area contributed by atoms with E-state index >= 15 is 0 Å². The number of carbonyl (C=O) groups is 1. The highest BCUT2D eigenvalue weighted by molar-refractivity contribution is 5.91. The molecule has 0 aliphatic carbocycles. The summed E-state index contributed by atoms with van der Waals surface area (Å²) in [7, 11) is 0. The molecule has 21 heavy (non-hydrogen) atoms. The number of nitrogens with one attached hydrogen (secondary N) is 1. The second-order valence-electron chi connectivity index (χ2n) is 5.13. The van der Waals surface area contributed by atoms with E-state index in [1.807, 2.05) is 44.2 Å². The van der Waals surface area contributed by atoms with E-state index in [1.165, 1.54) is 0 Å². The van der Waals surface area contributed by atoms with Gasteiger partial charge in [-0.05, 0) is 31.2 Å². The van der Waals surface area contributed by atoms with Crippen molar-refractivity contribution in [3.05, 3.63) is 48.7 Å². The topological polar surface area (TPSA) is 45.2 Å². The Hall–Kier alpha value is -2.36. The molecule has 4 nitrogen and oxygen atoms in total. The van der Waals surface area contributed by atoms with Crippen molar-refractivity contribution in [2.45, 2.75) is 20.8 Å². The molecule has 4 heteroatoms. The molecule has 1 amide bonds. The summed E-state index contributed by atoms with van der Waals surface area (Å²) in [6, 6.07) is 14.0. The second-order valence-corrected chi connectivity index (χ2v) is 5.13. The Labute approximate surface area is 125 Å². The van der Waals surface area contributed by atoms with Gasteiger partial charge in [-0.1, -0.05) is 32.0 Å². The van der Waals surface area contributed by atoms with Crippen LogP contribution in [-0.2, 0) is 4.79 Å². The van der Waals surface area contributed by atoms with Crippen molar-refractivity contribution in [1.29, 1.82) is 0 Å². The van der Waals surface area contributed by atoms with Crippen LogP contribution in [0.25, 0.3) is 0 Å². The molecule has 0 radical (unpaired) electrons. The van der Waals surface area contributed by atoms with Gasteiger partial charge in [-0.25, -0.2) is 4.98 Å². The van der Waals surface area contributed by atoms with Gasteiger partial charge in [0.05, 0.1) is 11.9 Å². The fraction of sp³-hybridized carbons (Fsp3) is 0.294. The third-order valence-electron chi connectivity index (χ3n) is 3.22. The summed E-state index contributed by atoms with van der Waals surface area (Å²) in [5, 5.41) is 2.80. The summed E-state index contributed by atoms with van der Waals surface area (Å²) in [5.74, 6) is 0.509. The molecular formula is C17H21N3O. The van der Waals surface area contributed by atoms with Gasteiger partial charge in [-0.3, -0.25) is 4.79 Å². The molecule has 2 aromatic rings. The van der Waals surface area contributed by atoms with E-state index in [4.69, 9.17) is 0 Å². The number of aromatic nitrogens is 1. The molecule has 0 aliphatic heterocycles. The molecule has 0 aliphatic rings. The summed E-state index contributed by atoms with van der Waals surface area (Å²) in [6.45, 7) is 6.67. The van der Waals surface area contributed by atoms with Gasteiger partial charge >= 0.3 is 0 Å². The third kappa shape index (κ3) is 3.81. The van der Waals surface area contributed by atoms with E-state index in [2.05, 4.69) is 34.3 Å². The normalized spacial score (nSPS) is 10.5. The highest BCUT2D eigenvalue weighted by Gasteiger charge is 2.10. The smallest absolute Gasteiger partial charge is 0.228 e. The largest absolute Gasteiger partial charge is 0.341 e. The monoisotopic (exact) mass is 283 g/mol. The zero-order valence-electron chi connectivity index (χ0n) is 12.7. The van der Waals surface area contributed by atoms with Gasteiger partial charge in [0.15, 0.2) is 0 Å². The number of nitrogens with zero attached hydrogens (tertiary/aromatic N) is 2. The molecule has 0 bridgehead atoms. The Morgan fingerprint density at radius 1 is 1.14 bits per heavy atom. The van der Waals surface area contributed by atoms with E-state index in [1.54, 1.807) is 6.20 Å². The van der Waals surface area contributed by atoms with Crippen molar-refractivity contribution in [1.82, 2.24) is 4.98 Å². The van der Waals surface area contributed by atoms with Crippen LogP contribution in [0.3, 0.4) is 0 Å². The zero-order valence-corrected chi connectivity index (χ0v) is 12.7. The third-order valence-corrected chi connectivity index (χ3v) is 3.22. The van der Waals surface area contributed by atoms with Crippen molar-refractivity contribution in [3.63, 3.8) is 0 Å². The number of para-hydroxylation sites is 1. The number of carbonyl (C=O) groups excluding carboxylic acids is 1. The van der Waals surface area contributed by atoms with Crippen LogP contribution in [0.1, 0.15) is 20.8 Å². The van der Waals surface area contributed by atoms with Crippen LogP contribution in [-0.4, -0.2) is 17.4 Å². The lowest BCUT2D eigenvalue weighted by Gasteiger charge is -2.23. The van der Waals surface area contributed by atoms with Crippen LogP contribution in [0, 0.1) is 5.92 Å². The minimum atomic E-state index is -0.0528. The molecule has 0 saturated carbocycles. The van der Waals surface area contributed by atoms with Crippen molar-refractivity contribution in [3.8, 4) is 0 Å². The summed E-state index contributed by atoms with van der Waals surface area (Å²) in [6.07, 6.45) is 1.78. The molecule has 0 atom stereocenters. The first-order chi connectivity index (χ1) is 10.1. The highest BCUT2D eigenvalue weighted by Crippen LogP contribution is 2.24. The molecule has 0 spiro atoms. The summed E-state index contributed by atoms with van der Waals surface area (Å²) in [5.41, 5.74) is 2.13. The van der Waals surface area contributed by atoms with Crippen LogP contribution >= 0.6 is 0 Å². The van der Waals surface area contributed by atoms with Crippen LogP contribution in [0.2, 0.25) is 0 Å². The van der Waals surface area contributed by atoms with Crippen LogP contribution < -0.4 is 10.2 Å². The Balaban J connectivity index is 2.16. The van der Waals surface area contributed by atoms with Crippen LogP contribution in [0.15, 0.2) is 48.7 Å². The van der Waals surface area contributed by atoms with Gasteiger partial charge in [0.25, 0.3) is 0 Å². The lowest BCUT2D eigenvalue weighted by Crippen LogP contribution is -2.19. The predicted octanol–water partition coefficient (Wildman–Crippen LogP) is 3.83. The first kappa shape index (κ1) is 15.0. The molecule has 0 fully saturated rings. The average Bonchev–Trinajstić information content (AvgIpc) is 2.50. The van der Waals surface area contributed by atoms with E-state index < -0.39 is 0 Å². The maximum absolute atomic E-state index is 11.6. The lowest BCUT2D eigenvalue weighted by atomic mass is 10.2. The number of amides is 1. The Morgan fingerprint density at radius 2 is 1.86 bits per heavy atom. The molecule has 110 valence electrons. The SMILES string of the molecule is CCN(c1ccccc1)c1ccc(NC(=O)C(C)C)nc1. The first-order valence-electron chi connectivity index (χ1n) is 7.21. The van der Waals surface area contributed by atoms with E-state index in [-0.39, 0.29) is 11.8 Å². The fourth-order valence-corrected chi connectivity index (χ4v) is 2.01. The van der Waals surface area contributed by atoms with E-state index in [0.29, 0.717) is 5.82 Å². The lowest BCUT2D eigenvalue weighted by molar-refractivity contribution is -0.118. The van der Waals surface area contributed by atoms with Crippen molar-refractivity contribution in [2.24, 2.45) is 5.92 Å².